The lowest BCUT2D eigenvalue weighted by molar-refractivity contribution is 0.0952. The van der Waals surface area contributed by atoms with E-state index in [9.17, 15) is 9.18 Å². The lowest BCUT2D eigenvalue weighted by atomic mass is 10.2. The molecule has 1 amide bonds. The molecule has 0 aliphatic rings. The zero-order chi connectivity index (χ0) is 13.5. The molecule has 0 fully saturated rings. The fourth-order valence-corrected chi connectivity index (χ4v) is 1.60. The molecule has 5 heteroatoms. The van der Waals surface area contributed by atoms with E-state index in [1.54, 1.807) is 0 Å². The molecule has 0 heterocycles. The third-order valence-corrected chi connectivity index (χ3v) is 2.50. The summed E-state index contributed by atoms with van der Waals surface area (Å²) in [6.07, 6.45) is 1.91. The van der Waals surface area contributed by atoms with Crippen LogP contribution in [0.25, 0.3) is 0 Å². The molecular weight excluding hydrogens is 233 g/mol. The molecule has 1 rings (SSSR count). The van der Waals surface area contributed by atoms with Crippen LogP contribution in [0.1, 0.15) is 23.2 Å². The zero-order valence-corrected chi connectivity index (χ0v) is 10.9. The summed E-state index contributed by atoms with van der Waals surface area (Å²) >= 11 is 0. The maximum absolute atomic E-state index is 13.1. The number of halogens is 1. The van der Waals surface area contributed by atoms with E-state index in [-0.39, 0.29) is 17.2 Å². The molecule has 1 aromatic carbocycles. The quantitative estimate of drug-likeness (QED) is 0.596. The average Bonchev–Trinajstić information content (AvgIpc) is 2.26. The van der Waals surface area contributed by atoms with Gasteiger partial charge in [0.2, 0.25) is 0 Å². The number of hydrogen-bond acceptors (Lipinski definition) is 3. The van der Waals surface area contributed by atoms with Crippen LogP contribution in [0.4, 0.5) is 10.1 Å². The smallest absolute Gasteiger partial charge is 0.251 e. The number of nitrogens with zero attached hydrogens (tertiary/aromatic N) is 1. The van der Waals surface area contributed by atoms with Gasteiger partial charge in [-0.15, -0.1) is 0 Å². The fourth-order valence-electron chi connectivity index (χ4n) is 1.60. The summed E-state index contributed by atoms with van der Waals surface area (Å²) in [5, 5.41) is 2.75. The van der Waals surface area contributed by atoms with Crippen LogP contribution < -0.4 is 11.1 Å². The number of nitrogen functional groups attached to an aromatic ring is 1. The van der Waals surface area contributed by atoms with Crippen LogP contribution in [0.2, 0.25) is 0 Å². The Kier molecular flexibility index (Phi) is 5.58. The van der Waals surface area contributed by atoms with Gasteiger partial charge >= 0.3 is 0 Å². The van der Waals surface area contributed by atoms with Crippen molar-refractivity contribution in [2.75, 3.05) is 32.9 Å². The number of rotatable bonds is 6. The van der Waals surface area contributed by atoms with E-state index in [1.807, 2.05) is 14.1 Å². The van der Waals surface area contributed by atoms with Gasteiger partial charge in [0.25, 0.3) is 5.91 Å². The molecular formula is C13H20FN3O. The first-order valence-electron chi connectivity index (χ1n) is 5.98. The number of unbranched alkanes of at least 4 members (excludes halogenated alkanes) is 1. The van der Waals surface area contributed by atoms with Gasteiger partial charge in [0.1, 0.15) is 5.82 Å². The highest BCUT2D eigenvalue weighted by Gasteiger charge is 2.07. The fraction of sp³-hybridized carbons (Fsp3) is 0.462. The van der Waals surface area contributed by atoms with Gasteiger partial charge in [-0.3, -0.25) is 4.79 Å². The van der Waals surface area contributed by atoms with E-state index in [1.165, 1.54) is 18.2 Å². The second-order valence-electron chi connectivity index (χ2n) is 4.54. The largest absolute Gasteiger partial charge is 0.399 e. The van der Waals surface area contributed by atoms with Crippen LogP contribution in [-0.2, 0) is 0 Å². The van der Waals surface area contributed by atoms with Crippen LogP contribution in [0, 0.1) is 5.82 Å². The minimum Gasteiger partial charge on any atom is -0.399 e. The van der Waals surface area contributed by atoms with E-state index in [0.29, 0.717) is 6.54 Å². The van der Waals surface area contributed by atoms with Gasteiger partial charge < -0.3 is 16.0 Å². The molecule has 18 heavy (non-hydrogen) atoms. The highest BCUT2D eigenvalue weighted by molar-refractivity contribution is 5.95. The van der Waals surface area contributed by atoms with E-state index >= 15 is 0 Å². The minimum atomic E-state index is -0.493. The lowest BCUT2D eigenvalue weighted by Gasteiger charge is -2.09. The number of anilines is 1. The van der Waals surface area contributed by atoms with Crippen LogP contribution in [0.5, 0.6) is 0 Å². The molecule has 3 N–H and O–H groups in total. The first kappa shape index (κ1) is 14.4. The molecule has 0 saturated heterocycles. The molecule has 1 aromatic rings. The van der Waals surface area contributed by atoms with Crippen molar-refractivity contribution in [1.82, 2.24) is 10.2 Å². The van der Waals surface area contributed by atoms with Gasteiger partial charge in [-0.25, -0.2) is 4.39 Å². The van der Waals surface area contributed by atoms with Crippen LogP contribution in [0.3, 0.4) is 0 Å². The molecule has 0 radical (unpaired) electrons. The molecule has 0 saturated carbocycles. The van der Waals surface area contributed by atoms with Crippen molar-refractivity contribution in [3.63, 3.8) is 0 Å². The Balaban J connectivity index is 2.36. The summed E-state index contributed by atoms with van der Waals surface area (Å²) in [7, 11) is 4.02. The molecule has 4 nitrogen and oxygen atoms in total. The predicted molar refractivity (Wildman–Crippen MR) is 70.9 cm³/mol. The van der Waals surface area contributed by atoms with Crippen LogP contribution in [0.15, 0.2) is 18.2 Å². The Morgan fingerprint density at radius 1 is 1.33 bits per heavy atom. The molecule has 0 bridgehead atoms. The highest BCUT2D eigenvalue weighted by Crippen LogP contribution is 2.10. The molecule has 0 atom stereocenters. The van der Waals surface area contributed by atoms with Gasteiger partial charge in [-0.05, 0) is 51.7 Å². The summed E-state index contributed by atoms with van der Waals surface area (Å²) in [6, 6.07) is 3.84. The van der Waals surface area contributed by atoms with Gasteiger partial charge in [0.15, 0.2) is 0 Å². The summed E-state index contributed by atoms with van der Waals surface area (Å²) in [4.78, 5) is 13.8. The zero-order valence-electron chi connectivity index (χ0n) is 10.9. The maximum Gasteiger partial charge on any atom is 0.251 e. The van der Waals surface area contributed by atoms with Crippen molar-refractivity contribution >= 4 is 11.6 Å². The van der Waals surface area contributed by atoms with Crippen molar-refractivity contribution < 1.29 is 9.18 Å². The topological polar surface area (TPSA) is 58.4 Å². The van der Waals surface area contributed by atoms with Gasteiger partial charge in [0.05, 0.1) is 0 Å². The lowest BCUT2D eigenvalue weighted by Crippen LogP contribution is -2.25. The van der Waals surface area contributed by atoms with Gasteiger partial charge in [-0.2, -0.15) is 0 Å². The van der Waals surface area contributed by atoms with Crippen LogP contribution >= 0.6 is 0 Å². The third kappa shape index (κ3) is 5.14. The minimum absolute atomic E-state index is 0.257. The van der Waals surface area contributed by atoms with E-state index in [2.05, 4.69) is 10.2 Å². The van der Waals surface area contributed by atoms with E-state index < -0.39 is 5.82 Å². The first-order chi connectivity index (χ1) is 8.49. The Hall–Kier alpha value is -1.62. The Morgan fingerprint density at radius 2 is 2.06 bits per heavy atom. The first-order valence-corrected chi connectivity index (χ1v) is 5.98. The van der Waals surface area contributed by atoms with E-state index in [4.69, 9.17) is 5.73 Å². The van der Waals surface area contributed by atoms with Crippen molar-refractivity contribution in [3.05, 3.63) is 29.6 Å². The van der Waals surface area contributed by atoms with Gasteiger partial charge in [0, 0.05) is 17.8 Å². The number of hydrogen-bond donors (Lipinski definition) is 2. The Morgan fingerprint density at radius 3 is 2.67 bits per heavy atom. The van der Waals surface area contributed by atoms with Crippen LogP contribution in [-0.4, -0.2) is 38.0 Å². The molecule has 0 aromatic heterocycles. The SMILES string of the molecule is CN(C)CCCCNC(=O)c1cc(N)cc(F)c1. The third-order valence-electron chi connectivity index (χ3n) is 2.50. The monoisotopic (exact) mass is 253 g/mol. The average molecular weight is 253 g/mol. The number of nitrogens with two attached hydrogens (primary N) is 1. The number of benzene rings is 1. The second-order valence-corrected chi connectivity index (χ2v) is 4.54. The van der Waals surface area contributed by atoms with Gasteiger partial charge in [-0.1, -0.05) is 0 Å². The molecule has 0 unspecified atom stereocenters. The van der Waals surface area contributed by atoms with Crippen molar-refractivity contribution in [1.29, 1.82) is 0 Å². The predicted octanol–water partition coefficient (Wildman–Crippen LogP) is 1.48. The number of carbonyl (C=O) groups is 1. The normalized spacial score (nSPS) is 10.7. The number of amides is 1. The molecule has 0 aliphatic heterocycles. The Labute approximate surface area is 107 Å². The summed E-state index contributed by atoms with van der Waals surface area (Å²) in [5.74, 6) is -0.779. The van der Waals surface area contributed by atoms with E-state index in [0.717, 1.165) is 19.4 Å². The Bertz CT molecular complexity index is 387. The standard InChI is InChI=1S/C13H20FN3O/c1-17(2)6-4-3-5-16-13(18)10-7-11(14)9-12(15)8-10/h7-9H,3-6,15H2,1-2H3,(H,16,18). The molecule has 100 valence electrons. The van der Waals surface area contributed by atoms with Crippen molar-refractivity contribution in [3.8, 4) is 0 Å². The number of carbonyl (C=O) groups excluding carboxylic acids is 1. The van der Waals surface area contributed by atoms with Crippen molar-refractivity contribution in [2.24, 2.45) is 0 Å². The molecule has 0 spiro atoms. The second kappa shape index (κ2) is 6.96. The van der Waals surface area contributed by atoms with Crippen molar-refractivity contribution in [2.45, 2.75) is 12.8 Å². The number of nitrogens with one attached hydrogen (secondary N) is 1. The maximum atomic E-state index is 13.1. The molecule has 0 aliphatic carbocycles. The summed E-state index contributed by atoms with van der Waals surface area (Å²) in [6.45, 7) is 1.58. The highest BCUT2D eigenvalue weighted by atomic mass is 19.1. The summed E-state index contributed by atoms with van der Waals surface area (Å²) < 4.78 is 13.1. The summed E-state index contributed by atoms with van der Waals surface area (Å²) in [5.41, 5.74) is 6.00.